The number of phenolic OH excluding ortho intramolecular Hbond substituents is 1. The fourth-order valence-corrected chi connectivity index (χ4v) is 0.879. The van der Waals surface area contributed by atoms with E-state index in [-0.39, 0.29) is 11.5 Å². The van der Waals surface area contributed by atoms with E-state index >= 15 is 0 Å². The van der Waals surface area contributed by atoms with Gasteiger partial charge in [0.1, 0.15) is 5.75 Å². The second kappa shape index (κ2) is 3.09. The number of nitrogens with one attached hydrogen (secondary N) is 1. The zero-order chi connectivity index (χ0) is 9.14. The quantitative estimate of drug-likeness (QED) is 0.350. The molecule has 0 saturated heterocycles. The van der Waals surface area contributed by atoms with Gasteiger partial charge in [-0.25, -0.2) is 0 Å². The van der Waals surface area contributed by atoms with Crippen LogP contribution in [0.5, 0.6) is 5.75 Å². The van der Waals surface area contributed by atoms with Crippen LogP contribution in [0.2, 0.25) is 0 Å². The highest BCUT2D eigenvalue weighted by molar-refractivity contribution is 6.08. The number of aromatic hydroxyl groups is 1. The van der Waals surface area contributed by atoms with Crippen LogP contribution >= 0.6 is 0 Å². The number of rotatable bonds is 2. The van der Waals surface area contributed by atoms with Crippen molar-refractivity contribution in [2.75, 3.05) is 5.73 Å². The van der Waals surface area contributed by atoms with Crippen LogP contribution in [0.15, 0.2) is 30.9 Å². The van der Waals surface area contributed by atoms with Gasteiger partial charge in [0, 0.05) is 11.3 Å². The predicted octanol–water partition coefficient (Wildman–Crippen LogP) is 1.53. The standard InChI is InChI=1S/C9H10N2O/c1-2-8(11)7-5-6(10)3-4-9(7)12/h2-5,11-12H,1,10H2. The first-order valence-electron chi connectivity index (χ1n) is 3.45. The summed E-state index contributed by atoms with van der Waals surface area (Å²) >= 11 is 0. The molecule has 1 rings (SSSR count). The van der Waals surface area contributed by atoms with Crippen LogP contribution in [0.3, 0.4) is 0 Å². The van der Waals surface area contributed by atoms with Gasteiger partial charge in [0.15, 0.2) is 0 Å². The van der Waals surface area contributed by atoms with Crippen molar-refractivity contribution in [3.63, 3.8) is 0 Å². The van der Waals surface area contributed by atoms with Crippen molar-refractivity contribution < 1.29 is 5.11 Å². The lowest BCUT2D eigenvalue weighted by molar-refractivity contribution is 0.474. The fraction of sp³-hybridized carbons (Fsp3) is 0. The highest BCUT2D eigenvalue weighted by Crippen LogP contribution is 2.20. The van der Waals surface area contributed by atoms with Gasteiger partial charge >= 0.3 is 0 Å². The third-order valence-electron chi connectivity index (χ3n) is 1.51. The monoisotopic (exact) mass is 162 g/mol. The third kappa shape index (κ3) is 1.45. The Bertz CT molecular complexity index is 331. The lowest BCUT2D eigenvalue weighted by Crippen LogP contribution is -1.96. The second-order valence-corrected chi connectivity index (χ2v) is 2.39. The molecule has 0 amide bonds. The van der Waals surface area contributed by atoms with E-state index in [1.54, 1.807) is 12.1 Å². The molecule has 0 aliphatic heterocycles. The van der Waals surface area contributed by atoms with E-state index in [0.717, 1.165) is 0 Å². The van der Waals surface area contributed by atoms with E-state index in [2.05, 4.69) is 6.58 Å². The van der Waals surface area contributed by atoms with E-state index in [1.165, 1.54) is 12.1 Å². The lowest BCUT2D eigenvalue weighted by atomic mass is 10.1. The SMILES string of the molecule is C=CC(=N)c1cc(N)ccc1O. The molecule has 0 spiro atoms. The van der Waals surface area contributed by atoms with Crippen molar-refractivity contribution in [2.24, 2.45) is 0 Å². The Labute approximate surface area is 70.7 Å². The topological polar surface area (TPSA) is 70.1 Å². The normalized spacial score (nSPS) is 9.33. The van der Waals surface area contributed by atoms with Crippen LogP contribution in [0.1, 0.15) is 5.56 Å². The summed E-state index contributed by atoms with van der Waals surface area (Å²) in [5.41, 5.74) is 6.57. The van der Waals surface area contributed by atoms with Crippen molar-refractivity contribution in [1.82, 2.24) is 0 Å². The minimum Gasteiger partial charge on any atom is -0.507 e. The minimum absolute atomic E-state index is 0.0501. The summed E-state index contributed by atoms with van der Waals surface area (Å²) < 4.78 is 0. The van der Waals surface area contributed by atoms with Crippen molar-refractivity contribution in [3.05, 3.63) is 36.4 Å². The Morgan fingerprint density at radius 3 is 2.83 bits per heavy atom. The minimum atomic E-state index is 0.0501. The molecule has 4 N–H and O–H groups in total. The largest absolute Gasteiger partial charge is 0.507 e. The van der Waals surface area contributed by atoms with Gasteiger partial charge < -0.3 is 16.2 Å². The number of hydrogen-bond donors (Lipinski definition) is 3. The molecule has 0 unspecified atom stereocenters. The first kappa shape index (κ1) is 8.33. The van der Waals surface area contributed by atoms with Gasteiger partial charge in [0.25, 0.3) is 0 Å². The Morgan fingerprint density at radius 1 is 1.58 bits per heavy atom. The van der Waals surface area contributed by atoms with Gasteiger partial charge in [-0.1, -0.05) is 6.58 Å². The van der Waals surface area contributed by atoms with Crippen LogP contribution in [-0.4, -0.2) is 10.8 Å². The maximum Gasteiger partial charge on any atom is 0.125 e. The van der Waals surface area contributed by atoms with Crippen LogP contribution < -0.4 is 5.73 Å². The molecule has 1 aromatic rings. The van der Waals surface area contributed by atoms with Crippen molar-refractivity contribution in [2.45, 2.75) is 0 Å². The molecule has 0 fully saturated rings. The molecule has 3 heteroatoms. The van der Waals surface area contributed by atoms with Crippen LogP contribution in [0, 0.1) is 5.41 Å². The van der Waals surface area contributed by atoms with Crippen molar-refractivity contribution >= 4 is 11.4 Å². The molecule has 0 aliphatic carbocycles. The third-order valence-corrected chi connectivity index (χ3v) is 1.51. The maximum atomic E-state index is 9.29. The Kier molecular flexibility index (Phi) is 2.14. The molecule has 0 aliphatic rings. The molecule has 12 heavy (non-hydrogen) atoms. The Morgan fingerprint density at radius 2 is 2.25 bits per heavy atom. The summed E-state index contributed by atoms with van der Waals surface area (Å²) in [6, 6.07) is 4.58. The van der Waals surface area contributed by atoms with E-state index in [9.17, 15) is 5.11 Å². The summed E-state index contributed by atoms with van der Waals surface area (Å²) in [6.45, 7) is 3.43. The summed E-state index contributed by atoms with van der Waals surface area (Å²) in [6.07, 6.45) is 1.36. The first-order valence-corrected chi connectivity index (χ1v) is 3.45. The van der Waals surface area contributed by atoms with Gasteiger partial charge in [-0.3, -0.25) is 0 Å². The molecule has 0 bridgehead atoms. The zero-order valence-electron chi connectivity index (χ0n) is 6.54. The zero-order valence-corrected chi connectivity index (χ0v) is 6.54. The number of nitrogen functional groups attached to an aromatic ring is 1. The first-order chi connectivity index (χ1) is 5.65. The number of allylic oxidation sites excluding steroid dienone is 1. The maximum absolute atomic E-state index is 9.29. The van der Waals surface area contributed by atoms with E-state index in [1.807, 2.05) is 0 Å². The average Bonchev–Trinajstić information content (AvgIpc) is 2.08. The molecular formula is C9H10N2O. The number of anilines is 1. The Hall–Kier alpha value is -1.77. The van der Waals surface area contributed by atoms with Crippen LogP contribution in [0.25, 0.3) is 0 Å². The van der Waals surface area contributed by atoms with Gasteiger partial charge in [0.05, 0.1) is 5.71 Å². The highest BCUT2D eigenvalue weighted by atomic mass is 16.3. The summed E-state index contributed by atoms with van der Waals surface area (Å²) in [5.74, 6) is 0.0501. The van der Waals surface area contributed by atoms with Gasteiger partial charge in [0.2, 0.25) is 0 Å². The summed E-state index contributed by atoms with van der Waals surface area (Å²) in [4.78, 5) is 0. The molecule has 1 aromatic carbocycles. The number of nitrogens with two attached hydrogens (primary N) is 1. The molecule has 0 radical (unpaired) electrons. The average molecular weight is 162 g/mol. The molecule has 62 valence electrons. The van der Waals surface area contributed by atoms with Crippen molar-refractivity contribution in [1.29, 1.82) is 5.41 Å². The van der Waals surface area contributed by atoms with Crippen LogP contribution in [-0.2, 0) is 0 Å². The lowest BCUT2D eigenvalue weighted by Gasteiger charge is -2.02. The van der Waals surface area contributed by atoms with Crippen molar-refractivity contribution in [3.8, 4) is 5.75 Å². The van der Waals surface area contributed by atoms with Gasteiger partial charge in [-0.05, 0) is 24.3 Å². The number of benzene rings is 1. The molecule has 0 atom stereocenters. The molecular weight excluding hydrogens is 152 g/mol. The number of hydrogen-bond acceptors (Lipinski definition) is 3. The Balaban J connectivity index is 3.22. The van der Waals surface area contributed by atoms with E-state index in [0.29, 0.717) is 11.3 Å². The van der Waals surface area contributed by atoms with E-state index in [4.69, 9.17) is 11.1 Å². The number of phenols is 1. The van der Waals surface area contributed by atoms with Crippen LogP contribution in [0.4, 0.5) is 5.69 Å². The summed E-state index contributed by atoms with van der Waals surface area (Å²) in [5, 5.41) is 16.7. The second-order valence-electron chi connectivity index (χ2n) is 2.39. The fourth-order valence-electron chi connectivity index (χ4n) is 0.879. The predicted molar refractivity (Wildman–Crippen MR) is 49.5 cm³/mol. The molecule has 0 saturated carbocycles. The van der Waals surface area contributed by atoms with Gasteiger partial charge in [-0.2, -0.15) is 0 Å². The van der Waals surface area contributed by atoms with Gasteiger partial charge in [-0.15, -0.1) is 0 Å². The molecule has 0 aromatic heterocycles. The van der Waals surface area contributed by atoms with E-state index < -0.39 is 0 Å². The molecule has 0 heterocycles. The smallest absolute Gasteiger partial charge is 0.125 e. The summed E-state index contributed by atoms with van der Waals surface area (Å²) in [7, 11) is 0. The highest BCUT2D eigenvalue weighted by Gasteiger charge is 2.03. The molecule has 3 nitrogen and oxygen atoms in total.